The van der Waals surface area contributed by atoms with Crippen LogP contribution in [0.5, 0.6) is 0 Å². The van der Waals surface area contributed by atoms with Crippen LogP contribution in [-0.4, -0.2) is 24.5 Å². The number of anilines is 1. The van der Waals surface area contributed by atoms with Crippen LogP contribution in [0, 0.1) is 17.1 Å². The Balaban J connectivity index is 2.36. The van der Waals surface area contributed by atoms with Crippen molar-refractivity contribution in [1.29, 1.82) is 5.26 Å². The summed E-state index contributed by atoms with van der Waals surface area (Å²) in [7, 11) is 0. The Morgan fingerprint density at radius 3 is 2.94 bits per heavy atom. The molecule has 18 heavy (non-hydrogen) atoms. The number of hydrogen-bond donors (Lipinski definition) is 1. The fourth-order valence-electron chi connectivity index (χ4n) is 2.19. The van der Waals surface area contributed by atoms with E-state index >= 15 is 0 Å². The van der Waals surface area contributed by atoms with Gasteiger partial charge < -0.3 is 10.2 Å². The Morgan fingerprint density at radius 1 is 1.56 bits per heavy atom. The second-order valence-corrected chi connectivity index (χ2v) is 4.39. The molecule has 0 saturated carbocycles. The van der Waals surface area contributed by atoms with E-state index in [0.29, 0.717) is 12.2 Å². The summed E-state index contributed by atoms with van der Waals surface area (Å²) in [4.78, 5) is 13.5. The first kappa shape index (κ1) is 12.4. The van der Waals surface area contributed by atoms with Gasteiger partial charge in [-0.25, -0.2) is 4.39 Å². The molecule has 1 aromatic rings. The van der Waals surface area contributed by atoms with E-state index in [4.69, 9.17) is 5.26 Å². The van der Waals surface area contributed by atoms with Gasteiger partial charge in [0.25, 0.3) is 0 Å². The maximum atomic E-state index is 13.8. The van der Waals surface area contributed by atoms with Crippen molar-refractivity contribution >= 4 is 11.6 Å². The molecule has 1 amide bonds. The number of rotatable bonds is 2. The van der Waals surface area contributed by atoms with Gasteiger partial charge in [0.15, 0.2) is 0 Å². The van der Waals surface area contributed by atoms with Crippen LogP contribution >= 0.6 is 0 Å². The van der Waals surface area contributed by atoms with E-state index in [2.05, 4.69) is 5.32 Å². The fraction of sp³-hybridized carbons (Fsp3) is 0.385. The first-order valence-electron chi connectivity index (χ1n) is 5.82. The Hall–Kier alpha value is -2.09. The van der Waals surface area contributed by atoms with E-state index in [-0.39, 0.29) is 24.2 Å². The summed E-state index contributed by atoms with van der Waals surface area (Å²) in [5, 5.41) is 11.6. The number of para-hydroxylation sites is 1. The first-order valence-corrected chi connectivity index (χ1v) is 5.82. The largest absolute Gasteiger partial charge is 0.354 e. The number of amides is 1. The van der Waals surface area contributed by atoms with Gasteiger partial charge in [-0.1, -0.05) is 12.1 Å². The van der Waals surface area contributed by atoms with Gasteiger partial charge in [-0.15, -0.1) is 0 Å². The highest BCUT2D eigenvalue weighted by Gasteiger charge is 2.33. The SMILES string of the molecule is CC1CN(c2ccccc2F)C(CC#N)C(=O)N1. The van der Waals surface area contributed by atoms with Crippen molar-refractivity contribution in [3.05, 3.63) is 30.1 Å². The second kappa shape index (κ2) is 5.05. The van der Waals surface area contributed by atoms with Gasteiger partial charge in [0.1, 0.15) is 11.9 Å². The molecule has 0 aliphatic carbocycles. The zero-order valence-electron chi connectivity index (χ0n) is 10.1. The van der Waals surface area contributed by atoms with Crippen molar-refractivity contribution < 1.29 is 9.18 Å². The lowest BCUT2D eigenvalue weighted by molar-refractivity contribution is -0.124. The van der Waals surface area contributed by atoms with Crippen LogP contribution in [0.4, 0.5) is 10.1 Å². The molecule has 0 radical (unpaired) electrons. The third-order valence-electron chi connectivity index (χ3n) is 2.98. The van der Waals surface area contributed by atoms with E-state index in [0.717, 1.165) is 0 Å². The van der Waals surface area contributed by atoms with Crippen molar-refractivity contribution in [1.82, 2.24) is 5.32 Å². The Bertz CT molecular complexity index is 497. The molecule has 1 heterocycles. The van der Waals surface area contributed by atoms with E-state index in [1.165, 1.54) is 6.07 Å². The molecule has 0 aromatic heterocycles. The number of carbonyl (C=O) groups is 1. The average Bonchev–Trinajstić information content (AvgIpc) is 2.33. The predicted molar refractivity (Wildman–Crippen MR) is 65.4 cm³/mol. The quantitative estimate of drug-likeness (QED) is 0.860. The Kier molecular flexibility index (Phi) is 3.47. The molecule has 1 aromatic carbocycles. The second-order valence-electron chi connectivity index (χ2n) is 4.39. The number of benzene rings is 1. The summed E-state index contributed by atoms with van der Waals surface area (Å²) in [5.74, 6) is -0.596. The number of hydrogen-bond acceptors (Lipinski definition) is 3. The van der Waals surface area contributed by atoms with Crippen molar-refractivity contribution in [3.8, 4) is 6.07 Å². The lowest BCUT2D eigenvalue weighted by Gasteiger charge is -2.39. The highest BCUT2D eigenvalue weighted by Crippen LogP contribution is 2.24. The van der Waals surface area contributed by atoms with Crippen LogP contribution in [0.2, 0.25) is 0 Å². The number of piperazine rings is 1. The molecule has 1 N–H and O–H groups in total. The number of nitrogens with zero attached hydrogens (tertiary/aromatic N) is 2. The van der Waals surface area contributed by atoms with Gasteiger partial charge in [-0.05, 0) is 19.1 Å². The lowest BCUT2D eigenvalue weighted by atomic mass is 10.0. The predicted octanol–water partition coefficient (Wildman–Crippen LogP) is 1.43. The molecule has 1 saturated heterocycles. The molecule has 5 heteroatoms. The minimum atomic E-state index is -0.622. The third kappa shape index (κ3) is 2.28. The number of nitriles is 1. The molecule has 4 nitrogen and oxygen atoms in total. The van der Waals surface area contributed by atoms with Crippen molar-refractivity contribution in [2.24, 2.45) is 0 Å². The van der Waals surface area contributed by atoms with E-state index in [1.807, 2.05) is 13.0 Å². The maximum Gasteiger partial charge on any atom is 0.244 e. The van der Waals surface area contributed by atoms with Gasteiger partial charge in [-0.2, -0.15) is 5.26 Å². The molecule has 1 aliphatic heterocycles. The Labute approximate surface area is 105 Å². The lowest BCUT2D eigenvalue weighted by Crippen LogP contribution is -2.59. The van der Waals surface area contributed by atoms with Gasteiger partial charge >= 0.3 is 0 Å². The molecule has 2 atom stereocenters. The zero-order valence-corrected chi connectivity index (χ0v) is 10.1. The van der Waals surface area contributed by atoms with Crippen molar-refractivity contribution in [2.75, 3.05) is 11.4 Å². The van der Waals surface area contributed by atoms with E-state index in [9.17, 15) is 9.18 Å². The van der Waals surface area contributed by atoms with Crippen LogP contribution < -0.4 is 10.2 Å². The summed E-state index contributed by atoms with van der Waals surface area (Å²) in [6, 6.07) is 7.60. The van der Waals surface area contributed by atoms with Gasteiger partial charge in [-0.3, -0.25) is 4.79 Å². The van der Waals surface area contributed by atoms with Crippen LogP contribution in [-0.2, 0) is 4.79 Å². The molecule has 0 spiro atoms. The topological polar surface area (TPSA) is 56.1 Å². The smallest absolute Gasteiger partial charge is 0.244 e. The molecule has 2 unspecified atom stereocenters. The summed E-state index contributed by atoms with van der Waals surface area (Å²) in [5.41, 5.74) is 0.374. The summed E-state index contributed by atoms with van der Waals surface area (Å²) in [6.45, 7) is 2.35. The van der Waals surface area contributed by atoms with Gasteiger partial charge in [0.05, 0.1) is 18.2 Å². The summed E-state index contributed by atoms with van der Waals surface area (Å²) >= 11 is 0. The molecule has 94 valence electrons. The Morgan fingerprint density at radius 2 is 2.28 bits per heavy atom. The molecule has 1 fully saturated rings. The molecule has 1 aliphatic rings. The van der Waals surface area contributed by atoms with Crippen LogP contribution in [0.25, 0.3) is 0 Å². The van der Waals surface area contributed by atoms with Crippen LogP contribution in [0.1, 0.15) is 13.3 Å². The fourth-order valence-corrected chi connectivity index (χ4v) is 2.19. The van der Waals surface area contributed by atoms with Gasteiger partial charge in [0, 0.05) is 12.6 Å². The molecule has 0 bridgehead atoms. The van der Waals surface area contributed by atoms with Gasteiger partial charge in [0.2, 0.25) is 5.91 Å². The van der Waals surface area contributed by atoms with E-state index < -0.39 is 6.04 Å². The van der Waals surface area contributed by atoms with Crippen molar-refractivity contribution in [2.45, 2.75) is 25.4 Å². The number of halogens is 1. The standard InChI is InChI=1S/C13H14FN3O/c1-9-8-17(11-5-3-2-4-10(11)14)12(6-7-15)13(18)16-9/h2-5,9,12H,6,8H2,1H3,(H,16,18). The first-order chi connectivity index (χ1) is 8.63. The molecular formula is C13H14FN3O. The highest BCUT2D eigenvalue weighted by atomic mass is 19.1. The normalized spacial score (nSPS) is 23.4. The molecular weight excluding hydrogens is 233 g/mol. The minimum absolute atomic E-state index is 0.0485. The van der Waals surface area contributed by atoms with Crippen LogP contribution in [0.3, 0.4) is 0 Å². The average molecular weight is 247 g/mol. The minimum Gasteiger partial charge on any atom is -0.354 e. The highest BCUT2D eigenvalue weighted by molar-refractivity contribution is 5.87. The molecule has 2 rings (SSSR count). The zero-order chi connectivity index (χ0) is 13.1. The summed E-state index contributed by atoms with van der Waals surface area (Å²) in [6.07, 6.45) is 0.0485. The number of nitrogens with one attached hydrogen (secondary N) is 1. The summed E-state index contributed by atoms with van der Waals surface area (Å²) < 4.78 is 13.8. The maximum absolute atomic E-state index is 13.8. The third-order valence-corrected chi connectivity index (χ3v) is 2.98. The van der Waals surface area contributed by atoms with E-state index in [1.54, 1.807) is 23.1 Å². The monoisotopic (exact) mass is 247 g/mol. The number of carbonyl (C=O) groups excluding carboxylic acids is 1. The van der Waals surface area contributed by atoms with Crippen LogP contribution in [0.15, 0.2) is 24.3 Å². The van der Waals surface area contributed by atoms with Crippen molar-refractivity contribution in [3.63, 3.8) is 0 Å².